The fourth-order valence-electron chi connectivity index (χ4n) is 6.05. The summed E-state index contributed by atoms with van der Waals surface area (Å²) in [7, 11) is 0. The van der Waals surface area contributed by atoms with E-state index in [0.717, 1.165) is 42.0 Å². The molecule has 3 aromatic carbocycles. The lowest BCUT2D eigenvalue weighted by atomic mass is 9.83. The molecule has 2 fully saturated rings. The molecule has 2 heterocycles. The summed E-state index contributed by atoms with van der Waals surface area (Å²) in [5.74, 6) is -1.54. The molecule has 0 aromatic heterocycles. The number of rotatable bonds is 6. The number of aryl methyl sites for hydroxylation is 1. The second-order valence-corrected chi connectivity index (χ2v) is 12.4. The molecule has 2 aliphatic heterocycles. The molecular weight excluding hydrogens is 515 g/mol. The number of hydrogen-bond donors (Lipinski definition) is 3. The SMILES string of the molecule is Cc1cccc(F)c1C(=O)N1CCCC(C(=O)Nc2cccc(C(C)(C)C)c2)C1c1ccc(NC2CCNC2)cc1. The van der Waals surface area contributed by atoms with Gasteiger partial charge in [0.2, 0.25) is 5.91 Å². The summed E-state index contributed by atoms with van der Waals surface area (Å²) in [5.41, 5.74) is 4.33. The van der Waals surface area contributed by atoms with Gasteiger partial charge in [-0.05, 0) is 85.2 Å². The number of piperidine rings is 1. The van der Waals surface area contributed by atoms with Gasteiger partial charge in [-0.2, -0.15) is 0 Å². The number of halogens is 1. The summed E-state index contributed by atoms with van der Waals surface area (Å²) in [6.07, 6.45) is 2.35. The maximum atomic E-state index is 15.0. The van der Waals surface area contributed by atoms with Gasteiger partial charge in [-0.3, -0.25) is 9.59 Å². The summed E-state index contributed by atoms with van der Waals surface area (Å²) in [6, 6.07) is 20.5. The van der Waals surface area contributed by atoms with Crippen molar-refractivity contribution in [2.45, 2.75) is 64.5 Å². The van der Waals surface area contributed by atoms with Gasteiger partial charge in [0.25, 0.3) is 5.91 Å². The van der Waals surface area contributed by atoms with Crippen LogP contribution in [0.3, 0.4) is 0 Å². The van der Waals surface area contributed by atoms with E-state index in [-0.39, 0.29) is 22.8 Å². The molecule has 216 valence electrons. The Kier molecular flexibility index (Phi) is 8.45. The molecule has 2 saturated heterocycles. The van der Waals surface area contributed by atoms with E-state index in [4.69, 9.17) is 0 Å². The van der Waals surface area contributed by atoms with E-state index in [1.165, 1.54) is 6.07 Å². The number of carbonyl (C=O) groups excluding carboxylic acids is 2. The zero-order chi connectivity index (χ0) is 29.1. The highest BCUT2D eigenvalue weighted by atomic mass is 19.1. The van der Waals surface area contributed by atoms with Crippen LogP contribution in [0.5, 0.6) is 0 Å². The number of benzene rings is 3. The topological polar surface area (TPSA) is 73.5 Å². The maximum Gasteiger partial charge on any atom is 0.257 e. The van der Waals surface area contributed by atoms with Gasteiger partial charge in [-0.25, -0.2) is 4.39 Å². The van der Waals surface area contributed by atoms with Crippen molar-refractivity contribution < 1.29 is 14.0 Å². The Morgan fingerprint density at radius 2 is 1.73 bits per heavy atom. The maximum absolute atomic E-state index is 15.0. The van der Waals surface area contributed by atoms with Gasteiger partial charge in [0, 0.05) is 30.5 Å². The van der Waals surface area contributed by atoms with E-state index >= 15 is 0 Å². The molecule has 0 radical (unpaired) electrons. The summed E-state index contributed by atoms with van der Waals surface area (Å²) >= 11 is 0. The normalized spacial score (nSPS) is 21.0. The van der Waals surface area contributed by atoms with Crippen LogP contribution in [0, 0.1) is 18.7 Å². The minimum absolute atomic E-state index is 0.0563. The lowest BCUT2D eigenvalue weighted by Gasteiger charge is -2.41. The second-order valence-electron chi connectivity index (χ2n) is 12.4. The Balaban J connectivity index is 1.47. The van der Waals surface area contributed by atoms with Crippen LogP contribution in [0.4, 0.5) is 15.8 Å². The van der Waals surface area contributed by atoms with E-state index < -0.39 is 17.8 Å². The highest BCUT2D eigenvalue weighted by Crippen LogP contribution is 2.39. The monoisotopic (exact) mass is 556 g/mol. The average Bonchev–Trinajstić information content (AvgIpc) is 3.46. The molecule has 3 aromatic rings. The zero-order valence-electron chi connectivity index (χ0n) is 24.5. The molecule has 2 amide bonds. The Bertz CT molecular complexity index is 1370. The largest absolute Gasteiger partial charge is 0.381 e. The smallest absolute Gasteiger partial charge is 0.257 e. The van der Waals surface area contributed by atoms with Gasteiger partial charge in [0.1, 0.15) is 5.82 Å². The molecule has 3 atom stereocenters. The van der Waals surface area contributed by atoms with E-state index in [2.05, 4.69) is 42.8 Å². The summed E-state index contributed by atoms with van der Waals surface area (Å²) < 4.78 is 15.0. The quantitative estimate of drug-likeness (QED) is 0.327. The Labute approximate surface area is 242 Å². The molecule has 0 aliphatic carbocycles. The summed E-state index contributed by atoms with van der Waals surface area (Å²) in [6.45, 7) is 10.5. The molecular formula is C34H41FN4O2. The number of anilines is 2. The van der Waals surface area contributed by atoms with E-state index in [1.807, 2.05) is 42.5 Å². The van der Waals surface area contributed by atoms with Crippen molar-refractivity contribution in [2.75, 3.05) is 30.3 Å². The van der Waals surface area contributed by atoms with Crippen molar-refractivity contribution in [3.05, 3.63) is 94.8 Å². The van der Waals surface area contributed by atoms with Crippen LogP contribution in [0.1, 0.15) is 73.1 Å². The Morgan fingerprint density at radius 1 is 0.976 bits per heavy atom. The first-order chi connectivity index (χ1) is 19.6. The number of amides is 2. The highest BCUT2D eigenvalue weighted by Gasteiger charge is 2.40. The zero-order valence-corrected chi connectivity index (χ0v) is 24.5. The first-order valence-electron chi connectivity index (χ1n) is 14.7. The van der Waals surface area contributed by atoms with Crippen LogP contribution < -0.4 is 16.0 Å². The average molecular weight is 557 g/mol. The third-order valence-electron chi connectivity index (χ3n) is 8.34. The van der Waals surface area contributed by atoms with Crippen LogP contribution in [0.25, 0.3) is 0 Å². The third kappa shape index (κ3) is 6.46. The van der Waals surface area contributed by atoms with E-state index in [1.54, 1.807) is 24.0 Å². The van der Waals surface area contributed by atoms with Crippen LogP contribution >= 0.6 is 0 Å². The fraction of sp³-hybridized carbons (Fsp3) is 0.412. The molecule has 0 bridgehead atoms. The predicted molar refractivity (Wildman–Crippen MR) is 163 cm³/mol. The second kappa shape index (κ2) is 12.0. The molecule has 0 saturated carbocycles. The van der Waals surface area contributed by atoms with Crippen molar-refractivity contribution in [3.63, 3.8) is 0 Å². The summed E-state index contributed by atoms with van der Waals surface area (Å²) in [5, 5.41) is 10.1. The Hall–Kier alpha value is -3.71. The number of nitrogens with zero attached hydrogens (tertiary/aromatic N) is 1. The van der Waals surface area contributed by atoms with Crippen molar-refractivity contribution in [1.82, 2.24) is 10.2 Å². The van der Waals surface area contributed by atoms with Crippen LogP contribution in [0.15, 0.2) is 66.7 Å². The number of likely N-dealkylation sites (tertiary alicyclic amines) is 1. The molecule has 3 N–H and O–H groups in total. The lowest BCUT2D eigenvalue weighted by Crippen LogP contribution is -2.46. The van der Waals surface area contributed by atoms with Crippen molar-refractivity contribution >= 4 is 23.2 Å². The van der Waals surface area contributed by atoms with Gasteiger partial charge in [-0.15, -0.1) is 0 Å². The van der Waals surface area contributed by atoms with Crippen molar-refractivity contribution in [1.29, 1.82) is 0 Å². The molecule has 41 heavy (non-hydrogen) atoms. The molecule has 5 rings (SSSR count). The van der Waals surface area contributed by atoms with Crippen molar-refractivity contribution in [3.8, 4) is 0 Å². The lowest BCUT2D eigenvalue weighted by molar-refractivity contribution is -0.123. The van der Waals surface area contributed by atoms with E-state index in [9.17, 15) is 14.0 Å². The molecule has 2 aliphatic rings. The first-order valence-corrected chi connectivity index (χ1v) is 14.7. The minimum atomic E-state index is -0.538. The van der Waals surface area contributed by atoms with Gasteiger partial charge in [0.15, 0.2) is 0 Å². The van der Waals surface area contributed by atoms with Gasteiger partial charge >= 0.3 is 0 Å². The molecule has 6 nitrogen and oxygen atoms in total. The van der Waals surface area contributed by atoms with Crippen LogP contribution in [-0.2, 0) is 10.2 Å². The molecule has 7 heteroatoms. The van der Waals surface area contributed by atoms with Gasteiger partial charge in [-0.1, -0.05) is 57.2 Å². The standard InChI is InChI=1S/C34H41FN4O2/c1-22-8-5-12-29(35)30(22)33(41)39-19-7-11-28(32(40)38-26-10-6-9-24(20-26)34(2,3)4)31(39)23-13-15-25(16-14-23)37-27-17-18-36-21-27/h5-6,8-10,12-16,20,27-28,31,36-37H,7,11,17-19,21H2,1-4H3,(H,38,40). The summed E-state index contributed by atoms with van der Waals surface area (Å²) in [4.78, 5) is 29.5. The number of carbonyl (C=O) groups is 2. The van der Waals surface area contributed by atoms with Gasteiger partial charge in [0.05, 0.1) is 17.5 Å². The Morgan fingerprint density at radius 3 is 2.41 bits per heavy atom. The van der Waals surface area contributed by atoms with Gasteiger partial charge < -0.3 is 20.9 Å². The molecule has 0 spiro atoms. The van der Waals surface area contributed by atoms with Crippen LogP contribution in [0.2, 0.25) is 0 Å². The molecule has 3 unspecified atom stereocenters. The highest BCUT2D eigenvalue weighted by molar-refractivity contribution is 5.98. The van der Waals surface area contributed by atoms with Crippen LogP contribution in [-0.4, -0.2) is 42.4 Å². The number of hydrogen-bond acceptors (Lipinski definition) is 4. The number of nitrogens with one attached hydrogen (secondary N) is 3. The third-order valence-corrected chi connectivity index (χ3v) is 8.34. The minimum Gasteiger partial charge on any atom is -0.381 e. The van der Waals surface area contributed by atoms with Crippen molar-refractivity contribution in [2.24, 2.45) is 5.92 Å². The van der Waals surface area contributed by atoms with E-state index in [0.29, 0.717) is 31.0 Å². The fourth-order valence-corrected chi connectivity index (χ4v) is 6.05. The first kappa shape index (κ1) is 28.8. The predicted octanol–water partition coefficient (Wildman–Crippen LogP) is 6.44.